The zero-order chi connectivity index (χ0) is 14.9. The maximum Gasteiger partial charge on any atom is 0.337 e. The molecule has 0 bridgehead atoms. The molecular weight excluding hydrogens is 250 g/mol. The highest BCUT2D eigenvalue weighted by molar-refractivity contribution is 6.04. The maximum absolute atomic E-state index is 11.6. The largest absolute Gasteiger partial charge is 0.478 e. The third-order valence-electron chi connectivity index (χ3n) is 3.87. The zero-order valence-corrected chi connectivity index (χ0v) is 12.8. The Morgan fingerprint density at radius 3 is 2.45 bits per heavy atom. The Bertz CT molecular complexity index is 653. The molecule has 1 aromatic heterocycles. The Morgan fingerprint density at radius 1 is 1.20 bits per heavy atom. The Labute approximate surface area is 120 Å². The molecule has 0 aliphatic heterocycles. The van der Waals surface area contributed by atoms with Gasteiger partial charge in [0.1, 0.15) is 0 Å². The molecule has 2 aromatic rings. The number of aromatic nitrogens is 1. The van der Waals surface area contributed by atoms with Crippen LogP contribution in [0.15, 0.2) is 12.1 Å². The van der Waals surface area contributed by atoms with Crippen molar-refractivity contribution in [1.82, 2.24) is 4.57 Å². The monoisotopic (exact) mass is 273 g/mol. The van der Waals surface area contributed by atoms with E-state index in [2.05, 4.69) is 31.4 Å². The lowest BCUT2D eigenvalue weighted by Crippen LogP contribution is -2.05. The molecule has 20 heavy (non-hydrogen) atoms. The SMILES string of the molecule is CCCc1c(C)n(CCC)c2c(C(=O)O)cc(C)cc12. The standard InChI is InChI=1S/C17H23NO2/c1-5-7-13-12(4)18(8-6-2)16-14(13)9-11(3)10-15(16)17(19)20/h9-10H,5-8H2,1-4H3,(H,19,20). The van der Waals surface area contributed by atoms with Gasteiger partial charge in [-0.1, -0.05) is 20.3 Å². The second-order valence-electron chi connectivity index (χ2n) is 5.48. The van der Waals surface area contributed by atoms with E-state index in [0.717, 1.165) is 42.3 Å². The number of nitrogens with zero attached hydrogens (tertiary/aromatic N) is 1. The summed E-state index contributed by atoms with van der Waals surface area (Å²) in [6.45, 7) is 9.24. The molecule has 0 saturated carbocycles. The van der Waals surface area contributed by atoms with Gasteiger partial charge >= 0.3 is 5.97 Å². The quantitative estimate of drug-likeness (QED) is 0.881. The van der Waals surface area contributed by atoms with Gasteiger partial charge in [-0.2, -0.15) is 0 Å². The number of carboxylic acids is 1. The van der Waals surface area contributed by atoms with Gasteiger partial charge < -0.3 is 9.67 Å². The fraction of sp³-hybridized carbons (Fsp3) is 0.471. The number of aryl methyl sites for hydroxylation is 3. The van der Waals surface area contributed by atoms with Gasteiger partial charge in [0.05, 0.1) is 11.1 Å². The Morgan fingerprint density at radius 2 is 1.90 bits per heavy atom. The zero-order valence-electron chi connectivity index (χ0n) is 12.8. The summed E-state index contributed by atoms with van der Waals surface area (Å²) < 4.78 is 2.18. The van der Waals surface area contributed by atoms with Crippen LogP contribution in [0.25, 0.3) is 10.9 Å². The number of fused-ring (bicyclic) bond motifs is 1. The highest BCUT2D eigenvalue weighted by atomic mass is 16.4. The highest BCUT2D eigenvalue weighted by Gasteiger charge is 2.19. The third-order valence-corrected chi connectivity index (χ3v) is 3.87. The number of rotatable bonds is 5. The first-order chi connectivity index (χ1) is 9.51. The van der Waals surface area contributed by atoms with Gasteiger partial charge in [0.2, 0.25) is 0 Å². The predicted molar refractivity (Wildman–Crippen MR) is 82.7 cm³/mol. The molecule has 0 atom stereocenters. The van der Waals surface area contributed by atoms with Crippen LogP contribution in [-0.2, 0) is 13.0 Å². The molecular formula is C17H23NO2. The molecule has 3 heteroatoms. The van der Waals surface area contributed by atoms with Crippen LogP contribution >= 0.6 is 0 Å². The van der Waals surface area contributed by atoms with Gasteiger partial charge in [0, 0.05) is 17.6 Å². The Balaban J connectivity index is 2.88. The van der Waals surface area contributed by atoms with Crippen LogP contribution in [0.1, 0.15) is 53.9 Å². The van der Waals surface area contributed by atoms with E-state index in [1.807, 2.05) is 6.92 Å². The Hall–Kier alpha value is -1.77. The fourth-order valence-electron chi connectivity index (χ4n) is 3.06. The third kappa shape index (κ3) is 2.33. The van der Waals surface area contributed by atoms with Gasteiger partial charge in [0.15, 0.2) is 0 Å². The molecule has 108 valence electrons. The summed E-state index contributed by atoms with van der Waals surface area (Å²) in [5, 5.41) is 10.6. The molecule has 2 rings (SSSR count). The van der Waals surface area contributed by atoms with Crippen molar-refractivity contribution in [2.45, 2.75) is 53.5 Å². The van der Waals surface area contributed by atoms with Gasteiger partial charge in [-0.05, 0) is 49.9 Å². The number of hydrogen-bond acceptors (Lipinski definition) is 1. The molecule has 0 spiro atoms. The van der Waals surface area contributed by atoms with Crippen molar-refractivity contribution in [3.05, 3.63) is 34.5 Å². The lowest BCUT2D eigenvalue weighted by Gasteiger charge is -2.09. The number of hydrogen-bond donors (Lipinski definition) is 1. The van der Waals surface area contributed by atoms with Crippen molar-refractivity contribution in [1.29, 1.82) is 0 Å². The number of carboxylic acid groups (broad SMARTS) is 1. The summed E-state index contributed by atoms with van der Waals surface area (Å²) in [5.41, 5.74) is 4.87. The number of aromatic carboxylic acids is 1. The first-order valence-corrected chi connectivity index (χ1v) is 7.36. The van der Waals surface area contributed by atoms with Crippen molar-refractivity contribution in [3.63, 3.8) is 0 Å². The first kappa shape index (κ1) is 14.6. The minimum Gasteiger partial charge on any atom is -0.478 e. The lowest BCUT2D eigenvalue weighted by atomic mass is 10.0. The lowest BCUT2D eigenvalue weighted by molar-refractivity contribution is 0.0698. The summed E-state index contributed by atoms with van der Waals surface area (Å²) in [5.74, 6) is -0.836. The number of benzene rings is 1. The van der Waals surface area contributed by atoms with Crippen molar-refractivity contribution >= 4 is 16.9 Å². The molecule has 0 unspecified atom stereocenters. The average molecular weight is 273 g/mol. The van der Waals surface area contributed by atoms with Gasteiger partial charge in [-0.15, -0.1) is 0 Å². The van der Waals surface area contributed by atoms with Crippen LogP contribution in [0.4, 0.5) is 0 Å². The molecule has 0 radical (unpaired) electrons. The minimum absolute atomic E-state index is 0.430. The van der Waals surface area contributed by atoms with Crippen molar-refractivity contribution in [3.8, 4) is 0 Å². The van der Waals surface area contributed by atoms with Gasteiger partial charge in [-0.3, -0.25) is 0 Å². The Kier molecular flexibility index (Phi) is 4.17. The maximum atomic E-state index is 11.6. The molecule has 1 aromatic carbocycles. The second-order valence-corrected chi connectivity index (χ2v) is 5.48. The van der Waals surface area contributed by atoms with E-state index >= 15 is 0 Å². The molecule has 1 heterocycles. The highest BCUT2D eigenvalue weighted by Crippen LogP contribution is 2.31. The summed E-state index contributed by atoms with van der Waals surface area (Å²) in [4.78, 5) is 11.6. The van der Waals surface area contributed by atoms with E-state index in [-0.39, 0.29) is 0 Å². The topological polar surface area (TPSA) is 42.2 Å². The second kappa shape index (κ2) is 5.70. The van der Waals surface area contributed by atoms with Gasteiger partial charge in [0.25, 0.3) is 0 Å². The van der Waals surface area contributed by atoms with Crippen LogP contribution in [0, 0.1) is 13.8 Å². The summed E-state index contributed by atoms with van der Waals surface area (Å²) in [6, 6.07) is 3.91. The van der Waals surface area contributed by atoms with Crippen LogP contribution in [0.5, 0.6) is 0 Å². The van der Waals surface area contributed by atoms with E-state index < -0.39 is 5.97 Å². The van der Waals surface area contributed by atoms with E-state index in [9.17, 15) is 9.90 Å². The smallest absolute Gasteiger partial charge is 0.337 e. The molecule has 0 aliphatic carbocycles. The van der Waals surface area contributed by atoms with E-state index in [1.165, 1.54) is 11.3 Å². The van der Waals surface area contributed by atoms with Crippen LogP contribution < -0.4 is 0 Å². The molecule has 0 saturated heterocycles. The molecule has 1 N–H and O–H groups in total. The molecule has 0 amide bonds. The summed E-state index contributed by atoms with van der Waals surface area (Å²) >= 11 is 0. The average Bonchev–Trinajstić information content (AvgIpc) is 2.64. The van der Waals surface area contributed by atoms with Gasteiger partial charge in [-0.25, -0.2) is 4.79 Å². The van der Waals surface area contributed by atoms with E-state index in [0.29, 0.717) is 5.56 Å². The predicted octanol–water partition coefficient (Wildman–Crippen LogP) is 4.32. The fourth-order valence-corrected chi connectivity index (χ4v) is 3.06. The molecule has 0 aliphatic rings. The van der Waals surface area contributed by atoms with Crippen LogP contribution in [-0.4, -0.2) is 15.6 Å². The minimum atomic E-state index is -0.836. The first-order valence-electron chi connectivity index (χ1n) is 7.36. The summed E-state index contributed by atoms with van der Waals surface area (Å²) in [7, 11) is 0. The van der Waals surface area contributed by atoms with E-state index in [1.54, 1.807) is 6.07 Å². The normalized spacial score (nSPS) is 11.2. The van der Waals surface area contributed by atoms with Crippen molar-refractivity contribution in [2.75, 3.05) is 0 Å². The molecule has 0 fully saturated rings. The summed E-state index contributed by atoms with van der Waals surface area (Å²) in [6.07, 6.45) is 3.08. The van der Waals surface area contributed by atoms with Crippen LogP contribution in [0.3, 0.4) is 0 Å². The molecule has 3 nitrogen and oxygen atoms in total. The van der Waals surface area contributed by atoms with Crippen molar-refractivity contribution in [2.24, 2.45) is 0 Å². The van der Waals surface area contributed by atoms with E-state index in [4.69, 9.17) is 0 Å². The van der Waals surface area contributed by atoms with Crippen molar-refractivity contribution < 1.29 is 9.90 Å². The number of carbonyl (C=O) groups is 1. The van der Waals surface area contributed by atoms with Crippen LogP contribution in [0.2, 0.25) is 0 Å².